The van der Waals surface area contributed by atoms with E-state index in [2.05, 4.69) is 30.4 Å². The van der Waals surface area contributed by atoms with Gasteiger partial charge in [0.1, 0.15) is 22.4 Å². The Kier molecular flexibility index (Phi) is 6.93. The first-order valence-electron chi connectivity index (χ1n) is 8.63. The number of halogens is 1. The van der Waals surface area contributed by atoms with Crippen LogP contribution in [-0.2, 0) is 21.0 Å². The summed E-state index contributed by atoms with van der Waals surface area (Å²) in [4.78, 5) is 14.9. The van der Waals surface area contributed by atoms with Crippen molar-refractivity contribution in [2.75, 3.05) is 20.2 Å². The Bertz CT molecular complexity index is 1210. The zero-order valence-electron chi connectivity index (χ0n) is 15.8. The summed E-state index contributed by atoms with van der Waals surface area (Å²) in [6.07, 6.45) is 0. The molecule has 1 amide bonds. The van der Waals surface area contributed by atoms with Crippen LogP contribution in [0.3, 0.4) is 0 Å². The Morgan fingerprint density at radius 3 is 2.53 bits per heavy atom. The van der Waals surface area contributed by atoms with Crippen molar-refractivity contribution < 1.29 is 22.2 Å². The number of aromatic nitrogens is 1. The van der Waals surface area contributed by atoms with E-state index in [1.807, 2.05) is 0 Å². The molecule has 1 atom stereocenters. The predicted octanol–water partition coefficient (Wildman–Crippen LogP) is 1.63. The van der Waals surface area contributed by atoms with Crippen molar-refractivity contribution in [1.82, 2.24) is 14.4 Å². The second-order valence-corrected chi connectivity index (χ2v) is 10.0. The molecule has 3 aromatic rings. The van der Waals surface area contributed by atoms with Crippen molar-refractivity contribution in [1.29, 1.82) is 0 Å². The summed E-state index contributed by atoms with van der Waals surface area (Å²) in [5.74, 6) is -0.200. The molecule has 0 radical (unpaired) electrons. The molecule has 12 heteroatoms. The van der Waals surface area contributed by atoms with E-state index in [0.717, 1.165) is 4.47 Å². The number of fused-ring (bicyclic) bond motifs is 1. The zero-order valence-corrected chi connectivity index (χ0v) is 19.0. The molecule has 9 nitrogen and oxygen atoms in total. The second-order valence-electron chi connectivity index (χ2n) is 6.12. The lowest BCUT2D eigenvalue weighted by Gasteiger charge is -2.09. The highest BCUT2D eigenvalue weighted by Crippen LogP contribution is 2.28. The van der Waals surface area contributed by atoms with Gasteiger partial charge in [-0.2, -0.15) is 0 Å². The van der Waals surface area contributed by atoms with Gasteiger partial charge in [-0.25, -0.2) is 22.1 Å². The number of nitrogens with one attached hydrogen (secondary N) is 3. The number of ether oxygens (including phenoxy) is 1. The van der Waals surface area contributed by atoms with Crippen LogP contribution in [0.15, 0.2) is 56.7 Å². The van der Waals surface area contributed by atoms with Crippen LogP contribution in [0.5, 0.6) is 5.75 Å². The smallest absolute Gasteiger partial charge is 0.266 e. The molecule has 0 saturated heterocycles. The molecule has 0 fully saturated rings. The first kappa shape index (κ1) is 22.4. The number of aromatic amines is 1. The molecule has 0 aliphatic heterocycles. The third kappa shape index (κ3) is 4.90. The lowest BCUT2D eigenvalue weighted by Crippen LogP contribution is -2.33. The van der Waals surface area contributed by atoms with Gasteiger partial charge in [0.2, 0.25) is 10.0 Å². The Hall–Kier alpha value is -2.25. The van der Waals surface area contributed by atoms with Crippen molar-refractivity contribution in [3.05, 3.63) is 52.6 Å². The highest BCUT2D eigenvalue weighted by atomic mass is 79.9. The van der Waals surface area contributed by atoms with Crippen LogP contribution in [0.1, 0.15) is 10.5 Å². The summed E-state index contributed by atoms with van der Waals surface area (Å²) in [5.41, 5.74) is 6.05. The van der Waals surface area contributed by atoms with E-state index in [9.17, 15) is 17.4 Å². The first-order valence-corrected chi connectivity index (χ1v) is 12.1. The van der Waals surface area contributed by atoms with Crippen LogP contribution >= 0.6 is 15.9 Å². The normalized spacial score (nSPS) is 12.7. The Labute approximate surface area is 184 Å². The fourth-order valence-electron chi connectivity index (χ4n) is 2.75. The summed E-state index contributed by atoms with van der Waals surface area (Å²) in [6, 6.07) is 11.2. The molecular formula is C18H19BrN4O5S2. The number of nitrogens with two attached hydrogens (primary N) is 1. The van der Waals surface area contributed by atoms with Crippen molar-refractivity contribution in [3.8, 4) is 5.75 Å². The molecule has 5 N–H and O–H groups in total. The number of amides is 1. The second kappa shape index (κ2) is 9.27. The van der Waals surface area contributed by atoms with Crippen LogP contribution in [0.25, 0.3) is 10.9 Å². The molecule has 160 valence electrons. The van der Waals surface area contributed by atoms with E-state index in [4.69, 9.17) is 10.5 Å². The Morgan fingerprint density at radius 1 is 1.20 bits per heavy atom. The standard InChI is InChI=1S/C18H19BrN4O5S2/c1-28-12-3-5-13(6-4-12)30(26,27)22-9-8-21-29(25)17-14-10-11(19)2-7-15(14)23-16(17)18(20)24/h2-7,10,21-23H,8-9H2,1H3,(H2,20,24). The molecule has 0 saturated carbocycles. The number of primary amides is 1. The first-order chi connectivity index (χ1) is 14.2. The molecule has 0 spiro atoms. The molecule has 1 heterocycles. The summed E-state index contributed by atoms with van der Waals surface area (Å²) in [6.45, 7) is 0.0406. The van der Waals surface area contributed by atoms with Crippen molar-refractivity contribution in [2.24, 2.45) is 5.73 Å². The average Bonchev–Trinajstić information content (AvgIpc) is 3.10. The predicted molar refractivity (Wildman–Crippen MR) is 117 cm³/mol. The minimum atomic E-state index is -3.73. The molecule has 1 aromatic heterocycles. The van der Waals surface area contributed by atoms with Gasteiger partial charge in [0, 0.05) is 28.5 Å². The van der Waals surface area contributed by atoms with Crippen LogP contribution in [-0.4, -0.2) is 43.7 Å². The van der Waals surface area contributed by atoms with E-state index in [-0.39, 0.29) is 28.6 Å². The van der Waals surface area contributed by atoms with Gasteiger partial charge in [0.25, 0.3) is 5.91 Å². The summed E-state index contributed by atoms with van der Waals surface area (Å²) < 4.78 is 48.4. The molecule has 0 aliphatic rings. The van der Waals surface area contributed by atoms with Gasteiger partial charge in [0.15, 0.2) is 0 Å². The number of hydrogen-bond acceptors (Lipinski definition) is 5. The molecular weight excluding hydrogens is 496 g/mol. The van der Waals surface area contributed by atoms with Crippen LogP contribution < -0.4 is 19.9 Å². The monoisotopic (exact) mass is 514 g/mol. The van der Waals surface area contributed by atoms with Gasteiger partial charge in [-0.15, -0.1) is 0 Å². The lowest BCUT2D eigenvalue weighted by molar-refractivity contribution is 0.0993. The molecule has 2 aromatic carbocycles. The van der Waals surface area contributed by atoms with E-state index >= 15 is 0 Å². The number of methoxy groups -OCH3 is 1. The van der Waals surface area contributed by atoms with Gasteiger partial charge in [0.05, 0.1) is 16.9 Å². The van der Waals surface area contributed by atoms with E-state index < -0.39 is 26.9 Å². The maximum Gasteiger partial charge on any atom is 0.266 e. The fourth-order valence-corrected chi connectivity index (χ4v) is 5.28. The molecule has 30 heavy (non-hydrogen) atoms. The van der Waals surface area contributed by atoms with E-state index in [0.29, 0.717) is 16.7 Å². The molecule has 0 bridgehead atoms. The summed E-state index contributed by atoms with van der Waals surface area (Å²) in [5, 5.41) is 0.572. The van der Waals surface area contributed by atoms with Gasteiger partial charge >= 0.3 is 0 Å². The molecule has 0 aliphatic carbocycles. The number of benzene rings is 2. The van der Waals surface area contributed by atoms with Crippen molar-refractivity contribution >= 4 is 53.7 Å². The SMILES string of the molecule is COc1ccc(S(=O)(=O)NCCNS(=O)c2c(C(N)=O)[nH]c3ccc(Br)cc23)cc1. The van der Waals surface area contributed by atoms with Gasteiger partial charge in [-0.05, 0) is 42.5 Å². The number of sulfonamides is 1. The third-order valence-electron chi connectivity index (χ3n) is 4.16. The zero-order chi connectivity index (χ0) is 21.9. The van der Waals surface area contributed by atoms with Crippen molar-refractivity contribution in [3.63, 3.8) is 0 Å². The van der Waals surface area contributed by atoms with Gasteiger partial charge in [-0.3, -0.25) is 4.79 Å². The summed E-state index contributed by atoms with van der Waals surface area (Å²) in [7, 11) is -4.04. The summed E-state index contributed by atoms with van der Waals surface area (Å²) >= 11 is 3.34. The number of hydrogen-bond donors (Lipinski definition) is 4. The van der Waals surface area contributed by atoms with Gasteiger partial charge < -0.3 is 15.5 Å². The lowest BCUT2D eigenvalue weighted by atomic mass is 10.2. The van der Waals surface area contributed by atoms with Gasteiger partial charge in [-0.1, -0.05) is 15.9 Å². The quantitative estimate of drug-likeness (QED) is 0.321. The maximum atomic E-state index is 12.8. The Balaban J connectivity index is 1.68. The maximum absolute atomic E-state index is 12.8. The van der Waals surface area contributed by atoms with Crippen molar-refractivity contribution in [2.45, 2.75) is 9.79 Å². The highest BCUT2D eigenvalue weighted by Gasteiger charge is 2.21. The largest absolute Gasteiger partial charge is 0.497 e. The van der Waals surface area contributed by atoms with Crippen LogP contribution in [0.2, 0.25) is 0 Å². The van der Waals surface area contributed by atoms with E-state index in [1.165, 1.54) is 19.2 Å². The number of H-pyrrole nitrogens is 1. The minimum absolute atomic E-state index is 0.0158. The Morgan fingerprint density at radius 2 is 1.90 bits per heavy atom. The number of carbonyl (C=O) groups is 1. The third-order valence-corrected chi connectivity index (χ3v) is 7.40. The number of rotatable bonds is 9. The van der Waals surface area contributed by atoms with Crippen LogP contribution in [0, 0.1) is 0 Å². The highest BCUT2D eigenvalue weighted by molar-refractivity contribution is 9.10. The van der Waals surface area contributed by atoms with E-state index in [1.54, 1.807) is 30.3 Å². The topological polar surface area (TPSA) is 143 Å². The van der Waals surface area contributed by atoms with Crippen LogP contribution in [0.4, 0.5) is 0 Å². The molecule has 3 rings (SSSR count). The average molecular weight is 515 g/mol. The minimum Gasteiger partial charge on any atom is -0.497 e. The fraction of sp³-hybridized carbons (Fsp3) is 0.167. The molecule has 1 unspecified atom stereocenters. The number of carbonyl (C=O) groups excluding carboxylic acids is 1.